The summed E-state index contributed by atoms with van der Waals surface area (Å²) in [4.78, 5) is 15.0. The Bertz CT molecular complexity index is 971. The Morgan fingerprint density at radius 1 is 1.15 bits per heavy atom. The van der Waals surface area contributed by atoms with E-state index in [1.165, 1.54) is 0 Å². The van der Waals surface area contributed by atoms with Crippen molar-refractivity contribution in [3.05, 3.63) is 58.2 Å². The van der Waals surface area contributed by atoms with Gasteiger partial charge in [-0.2, -0.15) is 15.8 Å². The molecule has 1 aromatic rings. The first kappa shape index (κ1) is 17.5. The summed E-state index contributed by atoms with van der Waals surface area (Å²) >= 11 is 3.41. The average molecular weight is 419 g/mol. The van der Waals surface area contributed by atoms with Crippen LogP contribution in [0.15, 0.2) is 52.7 Å². The molecule has 0 radical (unpaired) electrons. The van der Waals surface area contributed by atoms with Crippen LogP contribution < -0.4 is 0 Å². The van der Waals surface area contributed by atoms with Gasteiger partial charge in [0.15, 0.2) is 11.2 Å². The standard InChI is InChI=1S/C21H15BrN4O/c22-16-6-4-14(5-7-16)18-19(20(27)15-2-3-15)26-10-13(9-23)1-8-17(26)21(18,11-24)12-25/h1,4-8,10,15,17-19H,2-3H2/t17-,18-,19-/m0/s1. The second-order valence-electron chi connectivity index (χ2n) is 7.19. The van der Waals surface area contributed by atoms with Gasteiger partial charge in [-0.3, -0.25) is 4.79 Å². The van der Waals surface area contributed by atoms with E-state index in [1.807, 2.05) is 24.3 Å². The maximum atomic E-state index is 13.2. The van der Waals surface area contributed by atoms with Gasteiger partial charge in [0.05, 0.1) is 29.8 Å². The number of allylic oxidation sites excluding steroid dienone is 2. The van der Waals surface area contributed by atoms with E-state index < -0.39 is 23.4 Å². The number of benzene rings is 1. The number of hydrogen-bond donors (Lipinski definition) is 0. The molecular formula is C21H15BrN4O. The van der Waals surface area contributed by atoms with Crippen molar-refractivity contribution < 1.29 is 4.79 Å². The number of hydrogen-bond acceptors (Lipinski definition) is 5. The number of carbonyl (C=O) groups is 1. The third-order valence-electron chi connectivity index (χ3n) is 5.66. The molecule has 132 valence electrons. The number of carbonyl (C=O) groups excluding carboxylic acids is 1. The van der Waals surface area contributed by atoms with Crippen LogP contribution in [0.5, 0.6) is 0 Å². The highest BCUT2D eigenvalue weighted by molar-refractivity contribution is 9.10. The molecule has 1 saturated carbocycles. The van der Waals surface area contributed by atoms with Gasteiger partial charge < -0.3 is 4.90 Å². The van der Waals surface area contributed by atoms with Gasteiger partial charge in [0, 0.05) is 22.5 Å². The second kappa shape index (κ2) is 6.38. The molecule has 0 N–H and O–H groups in total. The summed E-state index contributed by atoms with van der Waals surface area (Å²) in [6, 6.07) is 12.8. The monoisotopic (exact) mass is 418 g/mol. The number of Topliss-reactive ketones (excluding diaryl/α,β-unsaturated/α-hetero) is 1. The predicted octanol–water partition coefficient (Wildman–Crippen LogP) is 3.58. The van der Waals surface area contributed by atoms with Crippen LogP contribution in [0.3, 0.4) is 0 Å². The largest absolute Gasteiger partial charge is 0.356 e. The Kier molecular flexibility index (Phi) is 4.14. The average Bonchev–Trinajstić information content (AvgIpc) is 3.50. The molecule has 6 heteroatoms. The summed E-state index contributed by atoms with van der Waals surface area (Å²) in [5.41, 5.74) is -0.201. The molecule has 2 fully saturated rings. The van der Waals surface area contributed by atoms with E-state index in [2.05, 4.69) is 34.1 Å². The fourth-order valence-electron chi connectivity index (χ4n) is 4.22. The molecule has 1 saturated heterocycles. The zero-order valence-electron chi connectivity index (χ0n) is 14.3. The molecule has 2 heterocycles. The van der Waals surface area contributed by atoms with E-state index in [0.717, 1.165) is 22.9 Å². The predicted molar refractivity (Wildman–Crippen MR) is 101 cm³/mol. The van der Waals surface area contributed by atoms with Gasteiger partial charge in [0.1, 0.15) is 6.07 Å². The van der Waals surface area contributed by atoms with Crippen molar-refractivity contribution in [2.75, 3.05) is 0 Å². The van der Waals surface area contributed by atoms with Gasteiger partial charge in [0.25, 0.3) is 0 Å². The number of halogens is 1. The first-order chi connectivity index (χ1) is 13.1. The van der Waals surface area contributed by atoms with Gasteiger partial charge in [0.2, 0.25) is 0 Å². The van der Waals surface area contributed by atoms with E-state index >= 15 is 0 Å². The summed E-state index contributed by atoms with van der Waals surface area (Å²) in [6.07, 6.45) is 6.68. The van der Waals surface area contributed by atoms with Crippen molar-refractivity contribution in [2.45, 2.75) is 30.8 Å². The van der Waals surface area contributed by atoms with Crippen molar-refractivity contribution in [1.82, 2.24) is 4.90 Å². The first-order valence-electron chi connectivity index (χ1n) is 8.75. The lowest BCUT2D eigenvalue weighted by atomic mass is 9.69. The third-order valence-corrected chi connectivity index (χ3v) is 6.19. The van der Waals surface area contributed by atoms with Crippen LogP contribution in [0, 0.1) is 45.3 Å². The Morgan fingerprint density at radius 2 is 1.81 bits per heavy atom. The SMILES string of the molecule is N#CC1=CN2[C@H](C(=O)C3CC3)[C@H](c3ccc(Br)cc3)C(C#N)(C#N)[C@@H]2C=C1. The van der Waals surface area contributed by atoms with Crippen LogP contribution in [0.2, 0.25) is 0 Å². The lowest BCUT2D eigenvalue weighted by Crippen LogP contribution is -2.40. The van der Waals surface area contributed by atoms with Gasteiger partial charge in [-0.05, 0) is 36.6 Å². The van der Waals surface area contributed by atoms with E-state index in [9.17, 15) is 20.6 Å². The summed E-state index contributed by atoms with van der Waals surface area (Å²) in [7, 11) is 0. The highest BCUT2D eigenvalue weighted by atomic mass is 79.9. The summed E-state index contributed by atoms with van der Waals surface area (Å²) in [6.45, 7) is 0. The zero-order valence-corrected chi connectivity index (χ0v) is 15.9. The quantitative estimate of drug-likeness (QED) is 0.747. The minimum Gasteiger partial charge on any atom is -0.356 e. The molecule has 3 atom stereocenters. The van der Waals surface area contributed by atoms with E-state index in [-0.39, 0.29) is 11.7 Å². The molecule has 2 aliphatic heterocycles. The lowest BCUT2D eigenvalue weighted by Gasteiger charge is -2.30. The van der Waals surface area contributed by atoms with Gasteiger partial charge in [-0.1, -0.05) is 34.1 Å². The molecule has 1 aromatic carbocycles. The second-order valence-corrected chi connectivity index (χ2v) is 8.11. The lowest BCUT2D eigenvalue weighted by molar-refractivity contribution is -0.124. The molecule has 0 unspecified atom stereocenters. The molecule has 0 bridgehead atoms. The first-order valence-corrected chi connectivity index (χ1v) is 9.54. The number of fused-ring (bicyclic) bond motifs is 1. The van der Waals surface area contributed by atoms with Crippen LogP contribution in [0.25, 0.3) is 0 Å². The van der Waals surface area contributed by atoms with Gasteiger partial charge >= 0.3 is 0 Å². The van der Waals surface area contributed by atoms with Crippen molar-refractivity contribution in [3.63, 3.8) is 0 Å². The third kappa shape index (κ3) is 2.59. The van der Waals surface area contributed by atoms with Crippen LogP contribution in [-0.4, -0.2) is 22.8 Å². The molecule has 1 aliphatic carbocycles. The van der Waals surface area contributed by atoms with Crippen LogP contribution in [0.4, 0.5) is 0 Å². The Labute approximate surface area is 165 Å². The Morgan fingerprint density at radius 3 is 2.37 bits per heavy atom. The number of ketones is 1. The number of nitriles is 3. The molecule has 5 nitrogen and oxygen atoms in total. The van der Waals surface area contributed by atoms with Crippen LogP contribution in [0.1, 0.15) is 24.3 Å². The molecule has 4 rings (SSSR count). The zero-order chi connectivity index (χ0) is 19.2. The smallest absolute Gasteiger partial charge is 0.176 e. The minimum absolute atomic E-state index is 0.0216. The van der Waals surface area contributed by atoms with E-state index in [1.54, 1.807) is 23.3 Å². The van der Waals surface area contributed by atoms with E-state index in [4.69, 9.17) is 0 Å². The maximum Gasteiger partial charge on any atom is 0.176 e. The molecule has 0 amide bonds. The molecule has 27 heavy (non-hydrogen) atoms. The van der Waals surface area contributed by atoms with Crippen molar-refractivity contribution >= 4 is 21.7 Å². The summed E-state index contributed by atoms with van der Waals surface area (Å²) in [5.74, 6) is -0.548. The molecule has 0 spiro atoms. The highest BCUT2D eigenvalue weighted by Gasteiger charge is 2.63. The maximum absolute atomic E-state index is 13.2. The summed E-state index contributed by atoms with van der Waals surface area (Å²) < 4.78 is 0.887. The number of rotatable bonds is 3. The van der Waals surface area contributed by atoms with E-state index in [0.29, 0.717) is 5.57 Å². The topological polar surface area (TPSA) is 91.7 Å². The fourth-order valence-corrected chi connectivity index (χ4v) is 4.49. The van der Waals surface area contributed by atoms with Crippen molar-refractivity contribution in [3.8, 4) is 18.2 Å². The van der Waals surface area contributed by atoms with Crippen LogP contribution >= 0.6 is 15.9 Å². The highest BCUT2D eigenvalue weighted by Crippen LogP contribution is 2.54. The molecular weight excluding hydrogens is 404 g/mol. The number of nitrogens with zero attached hydrogens (tertiary/aromatic N) is 4. The Balaban J connectivity index is 1.92. The minimum atomic E-state index is -1.41. The van der Waals surface area contributed by atoms with Crippen LogP contribution in [-0.2, 0) is 4.79 Å². The normalized spacial score (nSPS) is 27.7. The Hall–Kier alpha value is -2.88. The van der Waals surface area contributed by atoms with Crippen molar-refractivity contribution in [2.24, 2.45) is 11.3 Å². The summed E-state index contributed by atoms with van der Waals surface area (Å²) in [5, 5.41) is 29.5. The van der Waals surface area contributed by atoms with Gasteiger partial charge in [-0.15, -0.1) is 0 Å². The van der Waals surface area contributed by atoms with Gasteiger partial charge in [-0.25, -0.2) is 0 Å². The van der Waals surface area contributed by atoms with Crippen molar-refractivity contribution in [1.29, 1.82) is 15.8 Å². The molecule has 3 aliphatic rings. The molecule has 0 aromatic heterocycles. The fraction of sp³-hybridized carbons (Fsp3) is 0.333.